The molecule has 0 fully saturated rings. The van der Waals surface area contributed by atoms with Gasteiger partial charge in [-0.2, -0.15) is 0 Å². The molecule has 2 heterocycles. The van der Waals surface area contributed by atoms with Gasteiger partial charge in [-0.1, -0.05) is 6.07 Å². The third-order valence-electron chi connectivity index (χ3n) is 4.42. The van der Waals surface area contributed by atoms with E-state index in [0.29, 0.717) is 12.0 Å². The SMILES string of the molecule is CNC(=O)c1cncc(-c2ccc3c(c2)CCC(=O)N3C)c1C. The van der Waals surface area contributed by atoms with E-state index in [-0.39, 0.29) is 11.8 Å². The van der Waals surface area contributed by atoms with Crippen LogP contribution in [-0.2, 0) is 11.2 Å². The van der Waals surface area contributed by atoms with Gasteiger partial charge in [0.15, 0.2) is 0 Å². The zero-order valence-electron chi connectivity index (χ0n) is 13.5. The van der Waals surface area contributed by atoms with Gasteiger partial charge in [-0.25, -0.2) is 0 Å². The number of amides is 2. The maximum atomic E-state index is 11.9. The van der Waals surface area contributed by atoms with E-state index in [0.717, 1.165) is 34.4 Å². The number of aryl methyl sites for hydroxylation is 1. The molecule has 1 aliphatic rings. The van der Waals surface area contributed by atoms with E-state index in [9.17, 15) is 9.59 Å². The molecule has 0 atom stereocenters. The minimum Gasteiger partial charge on any atom is -0.355 e. The van der Waals surface area contributed by atoms with Crippen molar-refractivity contribution >= 4 is 17.5 Å². The molecule has 0 aliphatic carbocycles. The Bertz CT molecular complexity index is 799. The minimum atomic E-state index is -0.139. The number of nitrogens with zero attached hydrogens (tertiary/aromatic N) is 2. The number of carbonyl (C=O) groups is 2. The lowest BCUT2D eigenvalue weighted by Crippen LogP contribution is -2.31. The van der Waals surface area contributed by atoms with Crippen molar-refractivity contribution in [1.29, 1.82) is 0 Å². The average molecular weight is 309 g/mol. The second-order valence-corrected chi connectivity index (χ2v) is 5.73. The highest BCUT2D eigenvalue weighted by molar-refractivity contribution is 5.98. The van der Waals surface area contributed by atoms with E-state index < -0.39 is 0 Å². The van der Waals surface area contributed by atoms with Crippen LogP contribution in [0.5, 0.6) is 0 Å². The molecule has 0 saturated carbocycles. The van der Waals surface area contributed by atoms with E-state index in [1.807, 2.05) is 19.1 Å². The van der Waals surface area contributed by atoms with Gasteiger partial charge in [0.05, 0.1) is 5.56 Å². The minimum absolute atomic E-state index is 0.139. The molecule has 1 aromatic heterocycles. The second kappa shape index (κ2) is 5.83. The summed E-state index contributed by atoms with van der Waals surface area (Å²) in [6.07, 6.45) is 4.64. The fourth-order valence-electron chi connectivity index (χ4n) is 3.00. The largest absolute Gasteiger partial charge is 0.355 e. The number of rotatable bonds is 2. The highest BCUT2D eigenvalue weighted by Gasteiger charge is 2.21. The van der Waals surface area contributed by atoms with Gasteiger partial charge in [-0.15, -0.1) is 0 Å². The van der Waals surface area contributed by atoms with Crippen molar-refractivity contribution in [3.63, 3.8) is 0 Å². The zero-order valence-corrected chi connectivity index (χ0v) is 13.5. The first kappa shape index (κ1) is 15.2. The fraction of sp³-hybridized carbons (Fsp3) is 0.278. The number of carbonyl (C=O) groups excluding carboxylic acids is 2. The molecule has 0 unspecified atom stereocenters. The maximum absolute atomic E-state index is 11.9. The van der Waals surface area contributed by atoms with Gasteiger partial charge < -0.3 is 10.2 Å². The van der Waals surface area contributed by atoms with Crippen LogP contribution in [0.1, 0.15) is 27.9 Å². The van der Waals surface area contributed by atoms with Crippen LogP contribution in [0.15, 0.2) is 30.6 Å². The molecule has 0 bridgehead atoms. The topological polar surface area (TPSA) is 62.3 Å². The molecule has 5 heteroatoms. The molecule has 1 aliphatic heterocycles. The van der Waals surface area contributed by atoms with Crippen LogP contribution in [0.25, 0.3) is 11.1 Å². The highest BCUT2D eigenvalue weighted by atomic mass is 16.2. The lowest BCUT2D eigenvalue weighted by molar-refractivity contribution is -0.118. The normalized spacial score (nSPS) is 13.7. The Morgan fingerprint density at radius 3 is 2.78 bits per heavy atom. The summed E-state index contributed by atoms with van der Waals surface area (Å²) in [5.41, 5.74) is 5.54. The van der Waals surface area contributed by atoms with Crippen molar-refractivity contribution in [2.24, 2.45) is 0 Å². The van der Waals surface area contributed by atoms with E-state index >= 15 is 0 Å². The molecule has 3 rings (SSSR count). The van der Waals surface area contributed by atoms with Gasteiger partial charge in [0.1, 0.15) is 0 Å². The average Bonchev–Trinajstić information content (AvgIpc) is 2.57. The molecule has 1 aromatic carbocycles. The van der Waals surface area contributed by atoms with Crippen LogP contribution in [-0.4, -0.2) is 30.9 Å². The van der Waals surface area contributed by atoms with E-state index in [1.54, 1.807) is 31.4 Å². The van der Waals surface area contributed by atoms with Gasteiger partial charge in [0.2, 0.25) is 5.91 Å². The lowest BCUT2D eigenvalue weighted by atomic mass is 9.94. The monoisotopic (exact) mass is 309 g/mol. The van der Waals surface area contributed by atoms with Crippen LogP contribution >= 0.6 is 0 Å². The van der Waals surface area contributed by atoms with Gasteiger partial charge in [0.25, 0.3) is 5.91 Å². The Labute approximate surface area is 135 Å². The maximum Gasteiger partial charge on any atom is 0.252 e. The smallest absolute Gasteiger partial charge is 0.252 e. The molecule has 23 heavy (non-hydrogen) atoms. The lowest BCUT2D eigenvalue weighted by Gasteiger charge is -2.26. The van der Waals surface area contributed by atoms with Crippen molar-refractivity contribution < 1.29 is 9.59 Å². The third-order valence-corrected chi connectivity index (χ3v) is 4.42. The van der Waals surface area contributed by atoms with Crippen LogP contribution in [0.2, 0.25) is 0 Å². The Balaban J connectivity index is 2.07. The number of hydrogen-bond donors (Lipinski definition) is 1. The molecule has 0 radical (unpaired) electrons. The molecule has 2 amide bonds. The Hall–Kier alpha value is -2.69. The molecule has 1 N–H and O–H groups in total. The Morgan fingerprint density at radius 2 is 2.04 bits per heavy atom. The highest BCUT2D eigenvalue weighted by Crippen LogP contribution is 2.32. The summed E-state index contributed by atoms with van der Waals surface area (Å²) >= 11 is 0. The molecular formula is C18H19N3O2. The summed E-state index contributed by atoms with van der Waals surface area (Å²) in [5, 5.41) is 2.64. The van der Waals surface area contributed by atoms with Crippen molar-refractivity contribution in [3.05, 3.63) is 47.3 Å². The van der Waals surface area contributed by atoms with Crippen LogP contribution in [0, 0.1) is 6.92 Å². The van der Waals surface area contributed by atoms with Crippen LogP contribution < -0.4 is 10.2 Å². The standard InChI is InChI=1S/C18H19N3O2/c1-11-14(9-20-10-15(11)18(23)19-2)12-4-6-16-13(8-12)5-7-17(22)21(16)3/h4,6,8-10H,5,7H2,1-3H3,(H,19,23). The summed E-state index contributed by atoms with van der Waals surface area (Å²) in [6.45, 7) is 1.93. The zero-order chi connectivity index (χ0) is 16.6. The number of aromatic nitrogens is 1. The van der Waals surface area contributed by atoms with Crippen molar-refractivity contribution in [3.8, 4) is 11.1 Å². The first-order chi connectivity index (χ1) is 11.0. The Kier molecular flexibility index (Phi) is 3.86. The molecule has 0 spiro atoms. The molecule has 0 saturated heterocycles. The Morgan fingerprint density at radius 1 is 1.26 bits per heavy atom. The number of nitrogens with one attached hydrogen (secondary N) is 1. The number of anilines is 1. The van der Waals surface area contributed by atoms with Crippen LogP contribution in [0.4, 0.5) is 5.69 Å². The fourth-order valence-corrected chi connectivity index (χ4v) is 3.00. The van der Waals surface area contributed by atoms with E-state index in [2.05, 4.69) is 16.4 Å². The van der Waals surface area contributed by atoms with E-state index in [1.165, 1.54) is 0 Å². The first-order valence-corrected chi connectivity index (χ1v) is 7.59. The van der Waals surface area contributed by atoms with E-state index in [4.69, 9.17) is 0 Å². The summed E-state index contributed by atoms with van der Waals surface area (Å²) in [6, 6.07) is 6.04. The summed E-state index contributed by atoms with van der Waals surface area (Å²) < 4.78 is 0. The number of hydrogen-bond acceptors (Lipinski definition) is 3. The van der Waals surface area contributed by atoms with Gasteiger partial charge in [-0.3, -0.25) is 14.6 Å². The van der Waals surface area contributed by atoms with Crippen molar-refractivity contribution in [2.75, 3.05) is 19.0 Å². The molecular weight excluding hydrogens is 290 g/mol. The molecule has 2 aromatic rings. The summed E-state index contributed by atoms with van der Waals surface area (Å²) in [5.74, 6) is 0.00449. The van der Waals surface area contributed by atoms with Gasteiger partial charge in [0, 0.05) is 44.2 Å². The number of benzene rings is 1. The predicted octanol–water partition coefficient (Wildman–Crippen LogP) is 2.33. The third kappa shape index (κ3) is 2.59. The number of fused-ring (bicyclic) bond motifs is 1. The summed E-state index contributed by atoms with van der Waals surface area (Å²) in [7, 11) is 3.42. The second-order valence-electron chi connectivity index (χ2n) is 5.73. The molecule has 118 valence electrons. The quantitative estimate of drug-likeness (QED) is 0.926. The van der Waals surface area contributed by atoms with Gasteiger partial charge >= 0.3 is 0 Å². The predicted molar refractivity (Wildman–Crippen MR) is 89.5 cm³/mol. The first-order valence-electron chi connectivity index (χ1n) is 7.59. The van der Waals surface area contributed by atoms with Crippen molar-refractivity contribution in [2.45, 2.75) is 19.8 Å². The van der Waals surface area contributed by atoms with Crippen LogP contribution in [0.3, 0.4) is 0 Å². The van der Waals surface area contributed by atoms with Gasteiger partial charge in [-0.05, 0) is 42.2 Å². The van der Waals surface area contributed by atoms with Crippen molar-refractivity contribution in [1.82, 2.24) is 10.3 Å². The number of pyridine rings is 1. The summed E-state index contributed by atoms with van der Waals surface area (Å²) in [4.78, 5) is 29.6. The molecule has 5 nitrogen and oxygen atoms in total.